The molecule has 1 aromatic carbocycles. The second-order valence-corrected chi connectivity index (χ2v) is 6.72. The quantitative estimate of drug-likeness (QED) is 0.742. The van der Waals surface area contributed by atoms with Gasteiger partial charge in [-0.2, -0.15) is 0 Å². The topological polar surface area (TPSA) is 64.5 Å². The lowest BCUT2D eigenvalue weighted by atomic mass is 9.98. The van der Waals surface area contributed by atoms with E-state index in [9.17, 15) is 4.79 Å². The molecule has 1 unspecified atom stereocenters. The Morgan fingerprint density at radius 2 is 2.04 bits per heavy atom. The SMILES string of the molecule is COc1ccc(CC2CCN(c3ncc(C(C)=O)c(C)n3)C2)cc1OC. The molecule has 1 aliphatic heterocycles. The molecule has 1 fully saturated rings. The van der Waals surface area contributed by atoms with Crippen LogP contribution in [0.25, 0.3) is 0 Å². The molecule has 0 N–H and O–H groups in total. The van der Waals surface area contributed by atoms with E-state index in [2.05, 4.69) is 20.9 Å². The Morgan fingerprint density at radius 3 is 2.69 bits per heavy atom. The van der Waals surface area contributed by atoms with Crippen molar-refractivity contribution in [3.63, 3.8) is 0 Å². The number of carbonyl (C=O) groups excluding carboxylic acids is 1. The highest BCUT2D eigenvalue weighted by atomic mass is 16.5. The zero-order valence-electron chi connectivity index (χ0n) is 15.8. The Labute approximate surface area is 154 Å². The number of ether oxygens (including phenoxy) is 2. The van der Waals surface area contributed by atoms with Crippen LogP contribution in [0.5, 0.6) is 11.5 Å². The van der Waals surface area contributed by atoms with Crippen molar-refractivity contribution in [2.75, 3.05) is 32.2 Å². The summed E-state index contributed by atoms with van der Waals surface area (Å²) < 4.78 is 10.7. The molecule has 1 saturated heterocycles. The number of methoxy groups -OCH3 is 2. The molecule has 1 atom stereocenters. The molecule has 2 aromatic rings. The van der Waals surface area contributed by atoms with Crippen LogP contribution in [0.4, 0.5) is 5.95 Å². The maximum Gasteiger partial charge on any atom is 0.225 e. The van der Waals surface area contributed by atoms with Crippen LogP contribution in [0, 0.1) is 12.8 Å². The fourth-order valence-corrected chi connectivity index (χ4v) is 3.47. The van der Waals surface area contributed by atoms with E-state index in [0.29, 0.717) is 17.4 Å². The highest BCUT2D eigenvalue weighted by molar-refractivity contribution is 5.94. The van der Waals surface area contributed by atoms with Gasteiger partial charge in [0, 0.05) is 19.3 Å². The van der Waals surface area contributed by atoms with Crippen molar-refractivity contribution in [1.82, 2.24) is 9.97 Å². The molecule has 0 amide bonds. The number of anilines is 1. The predicted molar refractivity (Wildman–Crippen MR) is 100 cm³/mol. The zero-order chi connectivity index (χ0) is 18.7. The third-order valence-electron chi connectivity index (χ3n) is 4.89. The minimum absolute atomic E-state index is 0.00167. The molecule has 1 aliphatic rings. The van der Waals surface area contributed by atoms with Crippen LogP contribution >= 0.6 is 0 Å². The summed E-state index contributed by atoms with van der Waals surface area (Å²) >= 11 is 0. The van der Waals surface area contributed by atoms with Crippen LogP contribution in [0.15, 0.2) is 24.4 Å². The first kappa shape index (κ1) is 18.2. The summed E-state index contributed by atoms with van der Waals surface area (Å²) in [5, 5.41) is 0. The number of hydrogen-bond acceptors (Lipinski definition) is 6. The summed E-state index contributed by atoms with van der Waals surface area (Å²) in [7, 11) is 3.30. The van der Waals surface area contributed by atoms with Crippen molar-refractivity contribution in [2.24, 2.45) is 5.92 Å². The monoisotopic (exact) mass is 355 g/mol. The van der Waals surface area contributed by atoms with Crippen molar-refractivity contribution in [3.05, 3.63) is 41.2 Å². The van der Waals surface area contributed by atoms with Gasteiger partial charge in [0.1, 0.15) is 0 Å². The van der Waals surface area contributed by atoms with Gasteiger partial charge >= 0.3 is 0 Å². The second kappa shape index (κ2) is 7.72. The summed E-state index contributed by atoms with van der Waals surface area (Å²) in [6.07, 6.45) is 3.70. The Bertz CT molecular complexity index is 807. The number of rotatable bonds is 6. The van der Waals surface area contributed by atoms with Crippen LogP contribution < -0.4 is 14.4 Å². The maximum atomic E-state index is 11.5. The lowest BCUT2D eigenvalue weighted by molar-refractivity contribution is 0.101. The first-order valence-corrected chi connectivity index (χ1v) is 8.82. The van der Waals surface area contributed by atoms with Gasteiger partial charge in [-0.1, -0.05) is 6.07 Å². The molecule has 3 rings (SSSR count). The van der Waals surface area contributed by atoms with E-state index in [1.54, 1.807) is 27.3 Å². The molecule has 6 nitrogen and oxygen atoms in total. The third-order valence-corrected chi connectivity index (χ3v) is 4.89. The van der Waals surface area contributed by atoms with Crippen molar-refractivity contribution < 1.29 is 14.3 Å². The average molecular weight is 355 g/mol. The van der Waals surface area contributed by atoms with Crippen LogP contribution in [0.3, 0.4) is 0 Å². The highest BCUT2D eigenvalue weighted by Gasteiger charge is 2.25. The van der Waals surface area contributed by atoms with Gasteiger partial charge < -0.3 is 14.4 Å². The van der Waals surface area contributed by atoms with E-state index in [1.807, 2.05) is 19.1 Å². The molecule has 6 heteroatoms. The molecule has 0 radical (unpaired) electrons. The Kier molecular flexibility index (Phi) is 5.40. The molecule has 0 saturated carbocycles. The van der Waals surface area contributed by atoms with E-state index in [0.717, 1.165) is 43.1 Å². The Balaban J connectivity index is 1.67. The number of hydrogen-bond donors (Lipinski definition) is 0. The van der Waals surface area contributed by atoms with Gasteiger partial charge in [0.15, 0.2) is 17.3 Å². The smallest absolute Gasteiger partial charge is 0.225 e. The molecule has 138 valence electrons. The first-order valence-electron chi connectivity index (χ1n) is 8.82. The van der Waals surface area contributed by atoms with Crippen LogP contribution in [-0.4, -0.2) is 43.1 Å². The lowest BCUT2D eigenvalue weighted by Gasteiger charge is -2.17. The molecule has 1 aromatic heterocycles. The molecular formula is C20H25N3O3. The first-order chi connectivity index (χ1) is 12.5. The number of nitrogens with zero attached hydrogens (tertiary/aromatic N) is 3. The predicted octanol–water partition coefficient (Wildman–Crippen LogP) is 3.07. The second-order valence-electron chi connectivity index (χ2n) is 6.72. The summed E-state index contributed by atoms with van der Waals surface area (Å²) in [5.74, 6) is 2.76. The number of benzene rings is 1. The van der Waals surface area contributed by atoms with Gasteiger partial charge in [-0.05, 0) is 50.3 Å². The fraction of sp³-hybridized carbons (Fsp3) is 0.450. The number of carbonyl (C=O) groups is 1. The van der Waals surface area contributed by atoms with E-state index < -0.39 is 0 Å². The molecule has 0 bridgehead atoms. The summed E-state index contributed by atoms with van der Waals surface area (Å²) in [4.78, 5) is 22.7. The lowest BCUT2D eigenvalue weighted by Crippen LogP contribution is -2.23. The minimum Gasteiger partial charge on any atom is -0.493 e. The number of Topliss-reactive ketones (excluding diaryl/α,β-unsaturated/α-hetero) is 1. The molecule has 0 spiro atoms. The number of ketones is 1. The Hall–Kier alpha value is -2.63. The van der Waals surface area contributed by atoms with E-state index in [-0.39, 0.29) is 5.78 Å². The number of aryl methyl sites for hydroxylation is 1. The minimum atomic E-state index is 0.00167. The van der Waals surface area contributed by atoms with Gasteiger partial charge in [0.05, 0.1) is 25.5 Å². The largest absolute Gasteiger partial charge is 0.493 e. The van der Waals surface area contributed by atoms with Gasteiger partial charge in [0.25, 0.3) is 0 Å². The molecule has 0 aliphatic carbocycles. The van der Waals surface area contributed by atoms with E-state index >= 15 is 0 Å². The van der Waals surface area contributed by atoms with Gasteiger partial charge in [-0.3, -0.25) is 4.79 Å². The summed E-state index contributed by atoms with van der Waals surface area (Å²) in [5.41, 5.74) is 2.57. The third kappa shape index (κ3) is 3.79. The fourth-order valence-electron chi connectivity index (χ4n) is 3.47. The summed E-state index contributed by atoms with van der Waals surface area (Å²) in [6, 6.07) is 6.09. The standard InChI is InChI=1S/C20H25N3O3/c1-13-17(14(2)24)11-21-20(22-13)23-8-7-16(12-23)9-15-5-6-18(25-3)19(10-15)26-4/h5-6,10-11,16H,7-9,12H2,1-4H3. The zero-order valence-corrected chi connectivity index (χ0v) is 15.8. The van der Waals surface area contributed by atoms with Gasteiger partial charge in [-0.25, -0.2) is 9.97 Å². The average Bonchev–Trinajstić information content (AvgIpc) is 3.09. The van der Waals surface area contributed by atoms with Gasteiger partial charge in [0.2, 0.25) is 5.95 Å². The summed E-state index contributed by atoms with van der Waals surface area (Å²) in [6.45, 7) is 5.24. The van der Waals surface area contributed by atoms with Crippen molar-refractivity contribution in [1.29, 1.82) is 0 Å². The van der Waals surface area contributed by atoms with Crippen molar-refractivity contribution in [2.45, 2.75) is 26.7 Å². The van der Waals surface area contributed by atoms with Crippen LogP contribution in [-0.2, 0) is 6.42 Å². The maximum absolute atomic E-state index is 11.5. The van der Waals surface area contributed by atoms with Gasteiger partial charge in [-0.15, -0.1) is 0 Å². The molecular weight excluding hydrogens is 330 g/mol. The van der Waals surface area contributed by atoms with E-state index in [4.69, 9.17) is 9.47 Å². The highest BCUT2D eigenvalue weighted by Crippen LogP contribution is 2.30. The van der Waals surface area contributed by atoms with Crippen LogP contribution in [0.1, 0.15) is 35.0 Å². The normalized spacial score (nSPS) is 16.6. The van der Waals surface area contributed by atoms with Crippen molar-refractivity contribution in [3.8, 4) is 11.5 Å². The molecule has 26 heavy (non-hydrogen) atoms. The molecule has 2 heterocycles. The van der Waals surface area contributed by atoms with Crippen LogP contribution in [0.2, 0.25) is 0 Å². The number of aromatic nitrogens is 2. The Morgan fingerprint density at radius 1 is 1.27 bits per heavy atom. The van der Waals surface area contributed by atoms with Crippen molar-refractivity contribution >= 4 is 11.7 Å². The van der Waals surface area contributed by atoms with E-state index in [1.165, 1.54) is 5.56 Å².